The number of aliphatic hydroxyl groups is 2. The van der Waals surface area contributed by atoms with E-state index in [2.05, 4.69) is 19.2 Å². The molecule has 0 aliphatic heterocycles. The van der Waals surface area contributed by atoms with Gasteiger partial charge in [0.15, 0.2) is 0 Å². The molecule has 0 saturated carbocycles. The Morgan fingerprint density at radius 2 is 0.547 bits per heavy atom. The SMILES string of the molecule is CCCCCCCCCCCCCCCC(=O)OCCCCCCCCCCCCCCCCCCCCCCCCCCCCCCCCCCCCCC(=O)NC(CO)C(O)CCCCCCCCCCCC. The van der Waals surface area contributed by atoms with Crippen LogP contribution in [0.5, 0.6) is 0 Å². The van der Waals surface area contributed by atoms with Crippen LogP contribution in [0.25, 0.3) is 0 Å². The summed E-state index contributed by atoms with van der Waals surface area (Å²) < 4.78 is 5.49. The summed E-state index contributed by atoms with van der Waals surface area (Å²) >= 11 is 0. The van der Waals surface area contributed by atoms with Gasteiger partial charge in [-0.1, -0.05) is 367 Å². The maximum absolute atomic E-state index is 12.4. The van der Waals surface area contributed by atoms with Crippen molar-refractivity contribution in [2.75, 3.05) is 13.2 Å². The number of carbonyl (C=O) groups excluding carboxylic acids is 2. The van der Waals surface area contributed by atoms with E-state index in [0.29, 0.717) is 25.9 Å². The van der Waals surface area contributed by atoms with Crippen LogP contribution < -0.4 is 5.32 Å². The van der Waals surface area contributed by atoms with Gasteiger partial charge < -0.3 is 20.3 Å². The molecule has 0 saturated heterocycles. The zero-order valence-corrected chi connectivity index (χ0v) is 51.3. The summed E-state index contributed by atoms with van der Waals surface area (Å²) in [4.78, 5) is 24.5. The second-order valence-electron chi connectivity index (χ2n) is 24.2. The van der Waals surface area contributed by atoms with Gasteiger partial charge in [0, 0.05) is 12.8 Å². The molecule has 0 aliphatic carbocycles. The summed E-state index contributed by atoms with van der Waals surface area (Å²) in [6.45, 7) is 4.98. The van der Waals surface area contributed by atoms with Crippen LogP contribution in [0.15, 0.2) is 0 Å². The highest BCUT2D eigenvalue weighted by Gasteiger charge is 2.20. The second kappa shape index (κ2) is 65.4. The van der Waals surface area contributed by atoms with Crippen molar-refractivity contribution in [3.63, 3.8) is 0 Å². The van der Waals surface area contributed by atoms with Gasteiger partial charge >= 0.3 is 5.97 Å². The molecule has 448 valence electrons. The number of nitrogens with one attached hydrogen (secondary N) is 1. The van der Waals surface area contributed by atoms with E-state index in [4.69, 9.17) is 4.74 Å². The predicted octanol–water partition coefficient (Wildman–Crippen LogP) is 22.2. The lowest BCUT2D eigenvalue weighted by atomic mass is 10.0. The van der Waals surface area contributed by atoms with E-state index >= 15 is 0 Å². The lowest BCUT2D eigenvalue weighted by Gasteiger charge is -2.22. The minimum atomic E-state index is -0.657. The summed E-state index contributed by atoms with van der Waals surface area (Å²) in [7, 11) is 0. The number of hydrogen-bond donors (Lipinski definition) is 3. The van der Waals surface area contributed by atoms with E-state index in [-0.39, 0.29) is 18.5 Å². The molecule has 2 atom stereocenters. The van der Waals surface area contributed by atoms with Gasteiger partial charge in [0.2, 0.25) is 5.91 Å². The molecule has 0 aromatic rings. The molecular weight excluding hydrogens is 923 g/mol. The van der Waals surface area contributed by atoms with Gasteiger partial charge in [-0.25, -0.2) is 0 Å². The maximum atomic E-state index is 12.4. The molecule has 0 rings (SSSR count). The number of aliphatic hydroxyl groups excluding tert-OH is 2. The summed E-state index contributed by atoms with van der Waals surface area (Å²) in [5.74, 6) is -0.00380. The van der Waals surface area contributed by atoms with Gasteiger partial charge in [-0.2, -0.15) is 0 Å². The second-order valence-corrected chi connectivity index (χ2v) is 24.2. The fourth-order valence-corrected chi connectivity index (χ4v) is 11.4. The van der Waals surface area contributed by atoms with E-state index in [1.807, 2.05) is 0 Å². The molecule has 0 aliphatic rings. The van der Waals surface area contributed by atoms with Crippen LogP contribution in [0.4, 0.5) is 0 Å². The first-order chi connectivity index (χ1) is 37.0. The summed E-state index contributed by atoms with van der Waals surface area (Å²) in [5.41, 5.74) is 0. The molecule has 0 aromatic carbocycles. The fraction of sp³-hybridized carbons (Fsp3) is 0.971. The zero-order chi connectivity index (χ0) is 54.3. The molecule has 75 heavy (non-hydrogen) atoms. The Hall–Kier alpha value is -1.14. The number of hydrogen-bond acceptors (Lipinski definition) is 5. The number of unbranched alkanes of at least 4 members (excludes halogenated alkanes) is 55. The first-order valence-electron chi connectivity index (χ1n) is 34.8. The van der Waals surface area contributed by atoms with E-state index < -0.39 is 12.1 Å². The number of esters is 1. The van der Waals surface area contributed by atoms with Crippen molar-refractivity contribution in [2.24, 2.45) is 0 Å². The molecule has 3 N–H and O–H groups in total. The third-order valence-electron chi connectivity index (χ3n) is 16.7. The van der Waals surface area contributed by atoms with Gasteiger partial charge in [0.05, 0.1) is 25.4 Å². The highest BCUT2D eigenvalue weighted by Crippen LogP contribution is 2.19. The number of ether oxygens (including phenoxy) is 1. The van der Waals surface area contributed by atoms with Crippen molar-refractivity contribution in [1.82, 2.24) is 5.32 Å². The van der Waals surface area contributed by atoms with Gasteiger partial charge in [-0.3, -0.25) is 9.59 Å². The fourth-order valence-electron chi connectivity index (χ4n) is 11.4. The average molecular weight is 1060 g/mol. The van der Waals surface area contributed by atoms with Crippen molar-refractivity contribution in [3.05, 3.63) is 0 Å². The molecule has 0 aromatic heterocycles. The van der Waals surface area contributed by atoms with Crippen LogP contribution in [0.2, 0.25) is 0 Å². The molecule has 0 spiro atoms. The highest BCUT2D eigenvalue weighted by molar-refractivity contribution is 5.76. The minimum Gasteiger partial charge on any atom is -0.466 e. The van der Waals surface area contributed by atoms with Gasteiger partial charge in [0.25, 0.3) is 0 Å². The molecule has 6 nitrogen and oxygen atoms in total. The standard InChI is InChI=1S/C69H137NO5/c1-3-5-7-9-11-13-15-39-43-47-51-55-59-63-69(74)75-64-60-56-52-48-44-41-38-36-34-32-30-28-26-24-22-20-18-16-17-19-21-23-25-27-29-31-33-35-37-40-42-46-50-54-58-62-68(73)70-66(65-71)67(72)61-57-53-49-45-14-12-10-8-6-4-2/h66-67,71-72H,3-65H2,1-2H3,(H,70,73). The highest BCUT2D eigenvalue weighted by atomic mass is 16.5. The van der Waals surface area contributed by atoms with Gasteiger partial charge in [0.1, 0.15) is 0 Å². The molecule has 1 amide bonds. The topological polar surface area (TPSA) is 95.9 Å². The van der Waals surface area contributed by atoms with Gasteiger partial charge in [-0.15, -0.1) is 0 Å². The number of carbonyl (C=O) groups is 2. The predicted molar refractivity (Wildman–Crippen MR) is 329 cm³/mol. The Bertz CT molecular complexity index is 1080. The first kappa shape index (κ1) is 73.9. The Labute approximate surface area is 470 Å². The van der Waals surface area contributed by atoms with Crippen LogP contribution in [0.3, 0.4) is 0 Å². The molecule has 0 heterocycles. The van der Waals surface area contributed by atoms with E-state index in [1.54, 1.807) is 0 Å². The molecule has 0 radical (unpaired) electrons. The van der Waals surface area contributed by atoms with Crippen molar-refractivity contribution < 1.29 is 24.5 Å². The minimum absolute atomic E-state index is 0.0250. The van der Waals surface area contributed by atoms with Crippen LogP contribution in [-0.4, -0.2) is 47.4 Å². The van der Waals surface area contributed by atoms with Crippen molar-refractivity contribution in [3.8, 4) is 0 Å². The van der Waals surface area contributed by atoms with Gasteiger partial charge in [-0.05, 0) is 25.7 Å². The third kappa shape index (κ3) is 61.9. The lowest BCUT2D eigenvalue weighted by molar-refractivity contribution is -0.143. The third-order valence-corrected chi connectivity index (χ3v) is 16.7. The van der Waals surface area contributed by atoms with E-state index in [1.165, 1.54) is 334 Å². The normalized spacial score (nSPS) is 12.4. The van der Waals surface area contributed by atoms with Crippen LogP contribution >= 0.6 is 0 Å². The molecule has 6 heteroatoms. The molecular formula is C69H137NO5. The number of rotatable bonds is 66. The summed E-state index contributed by atoms with van der Waals surface area (Å²) in [5, 5.41) is 23.2. The Kier molecular flexibility index (Phi) is 64.4. The van der Waals surface area contributed by atoms with E-state index in [9.17, 15) is 19.8 Å². The number of amides is 1. The largest absolute Gasteiger partial charge is 0.466 e. The summed E-state index contributed by atoms with van der Waals surface area (Å²) in [6.07, 6.45) is 78.9. The van der Waals surface area contributed by atoms with Crippen molar-refractivity contribution in [1.29, 1.82) is 0 Å². The summed E-state index contributed by atoms with van der Waals surface area (Å²) in [6, 6.07) is -0.534. The molecule has 0 bridgehead atoms. The zero-order valence-electron chi connectivity index (χ0n) is 51.3. The lowest BCUT2D eigenvalue weighted by Crippen LogP contribution is -2.45. The van der Waals surface area contributed by atoms with Crippen molar-refractivity contribution in [2.45, 2.75) is 418 Å². The molecule has 2 unspecified atom stereocenters. The average Bonchev–Trinajstić information content (AvgIpc) is 3.41. The smallest absolute Gasteiger partial charge is 0.305 e. The van der Waals surface area contributed by atoms with Crippen LogP contribution in [-0.2, 0) is 14.3 Å². The van der Waals surface area contributed by atoms with Crippen LogP contribution in [0.1, 0.15) is 406 Å². The Morgan fingerprint density at radius 1 is 0.320 bits per heavy atom. The van der Waals surface area contributed by atoms with Crippen LogP contribution in [0, 0.1) is 0 Å². The quantitative estimate of drug-likeness (QED) is 0.0417. The monoisotopic (exact) mass is 1060 g/mol. The van der Waals surface area contributed by atoms with E-state index in [0.717, 1.165) is 38.5 Å². The Morgan fingerprint density at radius 3 is 0.813 bits per heavy atom. The van der Waals surface area contributed by atoms with Crippen molar-refractivity contribution >= 4 is 11.9 Å². The Balaban J connectivity index is 3.26. The molecule has 0 fully saturated rings. The first-order valence-corrected chi connectivity index (χ1v) is 34.8. The maximum Gasteiger partial charge on any atom is 0.305 e.